The summed E-state index contributed by atoms with van der Waals surface area (Å²) in [4.78, 5) is 18.6. The van der Waals surface area contributed by atoms with Gasteiger partial charge in [-0.2, -0.15) is 4.98 Å². The lowest BCUT2D eigenvalue weighted by Gasteiger charge is -2.22. The third-order valence-corrected chi connectivity index (χ3v) is 4.36. The van der Waals surface area contributed by atoms with Crippen LogP contribution in [0.2, 0.25) is 5.02 Å². The van der Waals surface area contributed by atoms with Crippen LogP contribution in [0.15, 0.2) is 28.8 Å². The summed E-state index contributed by atoms with van der Waals surface area (Å²) < 4.78 is 10.4. The first-order valence-corrected chi connectivity index (χ1v) is 8.70. The lowest BCUT2D eigenvalue weighted by Crippen LogP contribution is -2.40. The zero-order valence-corrected chi connectivity index (χ0v) is 14.8. The van der Waals surface area contributed by atoms with Crippen molar-refractivity contribution in [3.05, 3.63) is 35.2 Å². The van der Waals surface area contributed by atoms with Crippen molar-refractivity contribution < 1.29 is 14.1 Å². The summed E-state index contributed by atoms with van der Waals surface area (Å²) in [6, 6.07) is 6.98. The minimum Gasteiger partial charge on any atom is -0.385 e. The smallest absolute Gasteiger partial charge is 0.318 e. The molecule has 2 aromatic rings. The van der Waals surface area contributed by atoms with Crippen molar-refractivity contribution in [2.24, 2.45) is 0 Å². The zero-order valence-electron chi connectivity index (χ0n) is 14.1. The molecule has 2 amide bonds. The maximum atomic E-state index is 12.4. The van der Waals surface area contributed by atoms with E-state index >= 15 is 0 Å². The normalized spacial score (nSPS) is 17.0. The molecule has 0 spiro atoms. The highest BCUT2D eigenvalue weighted by atomic mass is 35.5. The fourth-order valence-corrected chi connectivity index (χ4v) is 3.09. The van der Waals surface area contributed by atoms with Gasteiger partial charge in [-0.15, -0.1) is 0 Å². The number of rotatable bonds is 6. The molecular formula is C17H21ClN4O3. The van der Waals surface area contributed by atoms with Crippen LogP contribution in [-0.4, -0.2) is 47.9 Å². The van der Waals surface area contributed by atoms with E-state index in [4.69, 9.17) is 20.9 Å². The number of aromatic nitrogens is 2. The Morgan fingerprint density at radius 1 is 1.52 bits per heavy atom. The Hall–Kier alpha value is -2.12. The molecule has 1 aliphatic heterocycles. The van der Waals surface area contributed by atoms with E-state index in [1.165, 1.54) is 0 Å². The molecule has 2 heterocycles. The molecule has 134 valence electrons. The quantitative estimate of drug-likeness (QED) is 0.795. The van der Waals surface area contributed by atoms with Gasteiger partial charge >= 0.3 is 6.03 Å². The molecule has 1 aromatic carbocycles. The number of benzene rings is 1. The monoisotopic (exact) mass is 364 g/mol. The number of urea groups is 1. The Balaban J connectivity index is 1.67. The number of carbonyl (C=O) groups excluding carboxylic acids is 1. The molecule has 1 aromatic heterocycles. The van der Waals surface area contributed by atoms with Crippen LogP contribution in [0.5, 0.6) is 0 Å². The van der Waals surface area contributed by atoms with Crippen molar-refractivity contribution in [3.63, 3.8) is 0 Å². The van der Waals surface area contributed by atoms with Gasteiger partial charge in [-0.1, -0.05) is 28.9 Å². The minimum atomic E-state index is -0.192. The van der Waals surface area contributed by atoms with Gasteiger partial charge in [0.25, 0.3) is 0 Å². The first kappa shape index (κ1) is 17.7. The lowest BCUT2D eigenvalue weighted by atomic mass is 10.2. The largest absolute Gasteiger partial charge is 0.385 e. The van der Waals surface area contributed by atoms with E-state index in [9.17, 15) is 4.79 Å². The van der Waals surface area contributed by atoms with Gasteiger partial charge in [0.2, 0.25) is 11.7 Å². The van der Waals surface area contributed by atoms with Crippen LogP contribution >= 0.6 is 11.6 Å². The van der Waals surface area contributed by atoms with Gasteiger partial charge in [0.15, 0.2) is 0 Å². The average Bonchev–Trinajstić information content (AvgIpc) is 3.27. The number of halogens is 1. The summed E-state index contributed by atoms with van der Waals surface area (Å²) in [6.45, 7) is 1.87. The summed E-state index contributed by atoms with van der Waals surface area (Å²) in [5.41, 5.74) is 0.788. The van der Waals surface area contributed by atoms with E-state index in [-0.39, 0.29) is 12.1 Å². The molecule has 1 saturated heterocycles. The number of amides is 2. The molecule has 8 heteroatoms. The van der Waals surface area contributed by atoms with Crippen LogP contribution in [0, 0.1) is 0 Å². The van der Waals surface area contributed by atoms with Crippen LogP contribution in [0.25, 0.3) is 11.4 Å². The number of nitrogens with one attached hydrogen (secondary N) is 1. The number of carbonyl (C=O) groups is 1. The molecule has 7 nitrogen and oxygen atoms in total. The van der Waals surface area contributed by atoms with Gasteiger partial charge in [0.1, 0.15) is 6.04 Å². The second-order valence-electron chi connectivity index (χ2n) is 5.90. The Labute approximate surface area is 151 Å². The summed E-state index contributed by atoms with van der Waals surface area (Å²) in [6.07, 6.45) is 2.49. The first-order valence-electron chi connectivity index (χ1n) is 8.32. The molecule has 1 atom stereocenters. The number of ether oxygens (including phenoxy) is 1. The van der Waals surface area contributed by atoms with E-state index in [1.54, 1.807) is 24.1 Å². The Morgan fingerprint density at radius 2 is 2.40 bits per heavy atom. The van der Waals surface area contributed by atoms with Crippen molar-refractivity contribution in [2.45, 2.75) is 25.3 Å². The van der Waals surface area contributed by atoms with E-state index in [0.717, 1.165) is 24.8 Å². The average molecular weight is 365 g/mol. The first-order chi connectivity index (χ1) is 12.2. The fourth-order valence-electron chi connectivity index (χ4n) is 2.90. The summed E-state index contributed by atoms with van der Waals surface area (Å²) in [7, 11) is 1.64. The van der Waals surface area contributed by atoms with Gasteiger partial charge in [0.05, 0.1) is 0 Å². The SMILES string of the molecule is COCCCNC(=O)N1CCC[C@@H]1c1nc(-c2cccc(Cl)c2)no1. The molecule has 0 bridgehead atoms. The Kier molecular flexibility index (Phi) is 5.88. The Morgan fingerprint density at radius 3 is 3.20 bits per heavy atom. The number of hydrogen-bond acceptors (Lipinski definition) is 5. The fraction of sp³-hybridized carbons (Fsp3) is 0.471. The zero-order chi connectivity index (χ0) is 17.6. The van der Waals surface area contributed by atoms with Crippen molar-refractivity contribution in [2.75, 3.05) is 26.8 Å². The molecule has 0 aliphatic carbocycles. The van der Waals surface area contributed by atoms with E-state index in [0.29, 0.717) is 36.4 Å². The van der Waals surface area contributed by atoms with Crippen molar-refractivity contribution in [1.82, 2.24) is 20.4 Å². The second kappa shape index (κ2) is 8.31. The summed E-state index contributed by atoms with van der Waals surface area (Å²) >= 11 is 6.01. The number of nitrogens with zero attached hydrogens (tertiary/aromatic N) is 3. The topological polar surface area (TPSA) is 80.5 Å². The van der Waals surface area contributed by atoms with Crippen molar-refractivity contribution >= 4 is 17.6 Å². The molecule has 3 rings (SSSR count). The molecule has 1 aliphatic rings. The van der Waals surface area contributed by atoms with Crippen LogP contribution in [0.4, 0.5) is 4.79 Å². The van der Waals surface area contributed by atoms with Crippen LogP contribution in [-0.2, 0) is 4.74 Å². The highest BCUT2D eigenvalue weighted by Crippen LogP contribution is 2.32. The van der Waals surface area contributed by atoms with Gasteiger partial charge in [-0.05, 0) is 31.4 Å². The van der Waals surface area contributed by atoms with Gasteiger partial charge in [0, 0.05) is 37.4 Å². The molecule has 0 saturated carbocycles. The van der Waals surface area contributed by atoms with Gasteiger partial charge in [-0.25, -0.2) is 4.79 Å². The maximum absolute atomic E-state index is 12.4. The van der Waals surface area contributed by atoms with E-state index in [2.05, 4.69) is 15.5 Å². The maximum Gasteiger partial charge on any atom is 0.318 e. The Bertz CT molecular complexity index is 721. The lowest BCUT2D eigenvalue weighted by molar-refractivity contribution is 0.174. The van der Waals surface area contributed by atoms with Gasteiger partial charge < -0.3 is 19.5 Å². The molecule has 0 unspecified atom stereocenters. The molecular weight excluding hydrogens is 344 g/mol. The van der Waals surface area contributed by atoms with Crippen LogP contribution < -0.4 is 5.32 Å². The third kappa shape index (κ3) is 4.29. The summed E-state index contributed by atoms with van der Waals surface area (Å²) in [5, 5.41) is 7.55. The minimum absolute atomic E-state index is 0.110. The number of hydrogen-bond donors (Lipinski definition) is 1. The predicted octanol–water partition coefficient (Wildman–Crippen LogP) is 3.27. The van der Waals surface area contributed by atoms with Gasteiger partial charge in [-0.3, -0.25) is 0 Å². The van der Waals surface area contributed by atoms with E-state index < -0.39 is 0 Å². The highest BCUT2D eigenvalue weighted by molar-refractivity contribution is 6.30. The number of methoxy groups -OCH3 is 1. The standard InChI is InChI=1S/C17H21ClN4O3/c1-24-10-4-8-19-17(23)22-9-3-7-14(22)16-20-15(21-25-16)12-5-2-6-13(18)11-12/h2,5-6,11,14H,3-4,7-10H2,1H3,(H,19,23)/t14-/m1/s1. The van der Waals surface area contributed by atoms with Crippen LogP contribution in [0.3, 0.4) is 0 Å². The molecule has 1 fully saturated rings. The molecule has 25 heavy (non-hydrogen) atoms. The van der Waals surface area contributed by atoms with Crippen molar-refractivity contribution in [1.29, 1.82) is 0 Å². The molecule has 1 N–H and O–H groups in total. The summed E-state index contributed by atoms with van der Waals surface area (Å²) in [5.74, 6) is 0.935. The highest BCUT2D eigenvalue weighted by Gasteiger charge is 2.34. The van der Waals surface area contributed by atoms with E-state index in [1.807, 2.05) is 12.1 Å². The number of likely N-dealkylation sites (tertiary alicyclic amines) is 1. The predicted molar refractivity (Wildman–Crippen MR) is 93.3 cm³/mol. The van der Waals surface area contributed by atoms with Crippen LogP contribution in [0.1, 0.15) is 31.2 Å². The van der Waals surface area contributed by atoms with Crippen molar-refractivity contribution in [3.8, 4) is 11.4 Å². The second-order valence-corrected chi connectivity index (χ2v) is 6.33. The molecule has 0 radical (unpaired) electrons. The third-order valence-electron chi connectivity index (χ3n) is 4.12.